The molecule has 1 fully saturated rings. The zero-order valence-electron chi connectivity index (χ0n) is 22.6. The van der Waals surface area contributed by atoms with Gasteiger partial charge in [0.25, 0.3) is 10.1 Å². The molecular formula is C31H46O4S. The molecular weight excluding hydrogens is 468 g/mol. The van der Waals surface area contributed by atoms with Gasteiger partial charge in [-0.05, 0) is 47.9 Å². The lowest BCUT2D eigenvalue weighted by Crippen LogP contribution is -1.98. The highest BCUT2D eigenvalue weighted by atomic mass is 32.2. The molecule has 4 nitrogen and oxygen atoms in total. The number of rotatable bonds is 6. The molecule has 3 aromatic rings. The number of benzene rings is 3. The van der Waals surface area contributed by atoms with Crippen molar-refractivity contribution >= 4 is 20.9 Å². The van der Waals surface area contributed by atoms with Crippen LogP contribution in [-0.4, -0.2) is 18.1 Å². The van der Waals surface area contributed by atoms with Gasteiger partial charge in [0.15, 0.2) is 0 Å². The zero-order valence-corrected chi connectivity index (χ0v) is 23.4. The Kier molecular flexibility index (Phi) is 15.8. The predicted molar refractivity (Wildman–Crippen MR) is 153 cm³/mol. The Labute approximate surface area is 219 Å². The van der Waals surface area contributed by atoms with Crippen LogP contribution in [0.5, 0.6) is 5.75 Å². The third-order valence-corrected chi connectivity index (χ3v) is 7.07. The van der Waals surface area contributed by atoms with E-state index in [0.717, 1.165) is 11.3 Å². The molecule has 0 aliphatic heterocycles. The van der Waals surface area contributed by atoms with Crippen molar-refractivity contribution in [2.24, 2.45) is 0 Å². The number of fused-ring (bicyclic) bond motifs is 1. The van der Waals surface area contributed by atoms with Crippen LogP contribution in [0.4, 0.5) is 0 Å². The first-order valence-corrected chi connectivity index (χ1v) is 15.0. The second-order valence-electron chi connectivity index (χ2n) is 9.23. The molecule has 0 aromatic heterocycles. The zero-order chi connectivity index (χ0) is 26.8. The summed E-state index contributed by atoms with van der Waals surface area (Å²) in [4.78, 5) is -0.0457. The lowest BCUT2D eigenvalue weighted by molar-refractivity contribution is 0.474. The lowest BCUT2D eigenvalue weighted by atomic mass is 9.98. The minimum atomic E-state index is -4.13. The maximum atomic E-state index is 11.0. The van der Waals surface area contributed by atoms with Gasteiger partial charge in [-0.15, -0.1) is 0 Å². The van der Waals surface area contributed by atoms with Crippen LogP contribution < -0.4 is 0 Å². The molecule has 200 valence electrons. The van der Waals surface area contributed by atoms with E-state index in [9.17, 15) is 8.42 Å². The maximum absolute atomic E-state index is 11.0. The summed E-state index contributed by atoms with van der Waals surface area (Å²) in [6, 6.07) is 19.5. The average Bonchev–Trinajstić information content (AvgIpc) is 3.41. The molecule has 0 radical (unpaired) electrons. The van der Waals surface area contributed by atoms with E-state index in [2.05, 4.69) is 27.7 Å². The Morgan fingerprint density at radius 3 is 1.69 bits per heavy atom. The molecule has 1 aliphatic rings. The first-order valence-electron chi connectivity index (χ1n) is 13.5. The molecule has 5 heteroatoms. The Bertz CT molecular complexity index is 1050. The molecule has 2 N–H and O–H groups in total. The van der Waals surface area contributed by atoms with Gasteiger partial charge < -0.3 is 5.11 Å². The first-order chi connectivity index (χ1) is 17.3. The van der Waals surface area contributed by atoms with E-state index in [1.165, 1.54) is 75.8 Å². The average molecular weight is 515 g/mol. The van der Waals surface area contributed by atoms with E-state index in [0.29, 0.717) is 11.1 Å². The van der Waals surface area contributed by atoms with Gasteiger partial charge in [0.05, 0.1) is 0 Å². The maximum Gasteiger partial charge on any atom is 0.295 e. The molecule has 0 bridgehead atoms. The summed E-state index contributed by atoms with van der Waals surface area (Å²) < 4.78 is 31.0. The number of hydrogen-bond acceptors (Lipinski definition) is 3. The predicted octanol–water partition coefficient (Wildman–Crippen LogP) is 9.53. The number of unbranched alkanes of at least 4 members (excludes halogenated alkanes) is 4. The van der Waals surface area contributed by atoms with E-state index < -0.39 is 10.1 Å². The monoisotopic (exact) mass is 514 g/mol. The number of phenols is 1. The van der Waals surface area contributed by atoms with Crippen LogP contribution in [-0.2, 0) is 10.1 Å². The quantitative estimate of drug-likeness (QED) is 0.321. The van der Waals surface area contributed by atoms with Crippen LogP contribution in [0, 0.1) is 0 Å². The van der Waals surface area contributed by atoms with Gasteiger partial charge in [0.1, 0.15) is 10.6 Å². The third-order valence-electron chi connectivity index (χ3n) is 6.16. The molecule has 0 spiro atoms. The van der Waals surface area contributed by atoms with E-state index in [-0.39, 0.29) is 4.90 Å². The highest BCUT2D eigenvalue weighted by Gasteiger charge is 2.16. The van der Waals surface area contributed by atoms with E-state index in [1.54, 1.807) is 42.5 Å². The fourth-order valence-electron chi connectivity index (χ4n) is 4.13. The summed E-state index contributed by atoms with van der Waals surface area (Å²) in [7, 11) is -4.13. The second kappa shape index (κ2) is 18.0. The van der Waals surface area contributed by atoms with Crippen LogP contribution in [0.15, 0.2) is 71.6 Å². The van der Waals surface area contributed by atoms with Crippen molar-refractivity contribution in [3.8, 4) is 5.75 Å². The van der Waals surface area contributed by atoms with Gasteiger partial charge in [-0.2, -0.15) is 8.42 Å². The summed E-state index contributed by atoms with van der Waals surface area (Å²) in [6.45, 7) is 8.85. The first kappa shape index (κ1) is 31.7. The van der Waals surface area contributed by atoms with Crippen molar-refractivity contribution in [3.05, 3.63) is 72.3 Å². The van der Waals surface area contributed by atoms with Gasteiger partial charge in [-0.3, -0.25) is 4.55 Å². The van der Waals surface area contributed by atoms with Crippen molar-refractivity contribution in [2.45, 2.75) is 103 Å². The minimum absolute atomic E-state index is 0.0457. The van der Waals surface area contributed by atoms with Crippen molar-refractivity contribution in [1.29, 1.82) is 0 Å². The molecule has 0 heterocycles. The van der Waals surface area contributed by atoms with Crippen molar-refractivity contribution in [3.63, 3.8) is 0 Å². The van der Waals surface area contributed by atoms with Crippen LogP contribution in [0.25, 0.3) is 10.8 Å². The fraction of sp³-hybridized carbons (Fsp3) is 0.484. The van der Waals surface area contributed by atoms with Gasteiger partial charge in [-0.1, -0.05) is 128 Å². The number of hydrogen-bond donors (Lipinski definition) is 2. The van der Waals surface area contributed by atoms with Crippen molar-refractivity contribution in [1.82, 2.24) is 0 Å². The van der Waals surface area contributed by atoms with Crippen LogP contribution in [0.3, 0.4) is 0 Å². The van der Waals surface area contributed by atoms with Crippen molar-refractivity contribution in [2.75, 3.05) is 0 Å². The lowest BCUT2D eigenvalue weighted by Gasteiger charge is -2.08. The molecule has 4 rings (SSSR count). The van der Waals surface area contributed by atoms with Gasteiger partial charge in [0.2, 0.25) is 0 Å². The molecule has 1 saturated carbocycles. The van der Waals surface area contributed by atoms with E-state index in [1.807, 2.05) is 18.2 Å². The van der Waals surface area contributed by atoms with Crippen molar-refractivity contribution < 1.29 is 18.1 Å². The highest BCUT2D eigenvalue weighted by molar-refractivity contribution is 7.86. The van der Waals surface area contributed by atoms with E-state index >= 15 is 0 Å². The Balaban J connectivity index is 0.000000267. The highest BCUT2D eigenvalue weighted by Crippen LogP contribution is 2.34. The minimum Gasteiger partial charge on any atom is -0.508 e. The molecule has 0 atom stereocenters. The number of phenolic OH excluding ortho intramolecular Hbond substituents is 1. The van der Waals surface area contributed by atoms with Crippen LogP contribution >= 0.6 is 0 Å². The summed E-state index contributed by atoms with van der Waals surface area (Å²) in [5.74, 6) is 1.13. The van der Waals surface area contributed by atoms with Gasteiger partial charge in [0, 0.05) is 5.39 Å². The van der Waals surface area contributed by atoms with Gasteiger partial charge in [-0.25, -0.2) is 0 Å². The molecule has 1 aliphatic carbocycles. The largest absolute Gasteiger partial charge is 0.508 e. The third kappa shape index (κ3) is 12.0. The SMILES string of the molecule is CCCCC.CCCCC.O=S(=O)(O)c1cccc2ccccc12.Oc1ccc(C2CCCC2)cc1. The molecule has 0 unspecified atom stereocenters. The van der Waals surface area contributed by atoms with Gasteiger partial charge >= 0.3 is 0 Å². The van der Waals surface area contributed by atoms with E-state index in [4.69, 9.17) is 9.66 Å². The summed E-state index contributed by atoms with van der Waals surface area (Å²) in [5, 5.41) is 10.4. The fourth-order valence-corrected chi connectivity index (χ4v) is 4.85. The molecule has 3 aromatic carbocycles. The van der Waals surface area contributed by atoms with Crippen LogP contribution in [0.2, 0.25) is 0 Å². The normalized spacial score (nSPS) is 13.0. The van der Waals surface area contributed by atoms with Crippen LogP contribution in [0.1, 0.15) is 103 Å². The standard InChI is InChI=1S/C11H14O.C10H8O3S.2C5H12/c12-11-7-5-10(6-8-11)9-3-1-2-4-9;11-14(12,13)10-7-3-5-8-4-1-2-6-9(8)10;2*1-3-5-4-2/h5-9,12H,1-4H2;1-7H,(H,11,12,13);2*3-5H2,1-2H3. The summed E-state index contributed by atoms with van der Waals surface area (Å²) >= 11 is 0. The number of aromatic hydroxyl groups is 1. The topological polar surface area (TPSA) is 74.6 Å². The second-order valence-corrected chi connectivity index (χ2v) is 10.6. The molecule has 0 amide bonds. The Morgan fingerprint density at radius 1 is 0.722 bits per heavy atom. The molecule has 0 saturated heterocycles. The Hall–Kier alpha value is -2.37. The summed E-state index contributed by atoms with van der Waals surface area (Å²) in [5.41, 5.74) is 1.39. The smallest absolute Gasteiger partial charge is 0.295 e. The molecule has 36 heavy (non-hydrogen) atoms. The Morgan fingerprint density at radius 2 is 1.22 bits per heavy atom. The summed E-state index contributed by atoms with van der Waals surface area (Å²) in [6.07, 6.45) is 13.5.